The molecule has 24 heavy (non-hydrogen) atoms. The molecule has 0 saturated carbocycles. The first kappa shape index (κ1) is 15.8. The zero-order valence-electron chi connectivity index (χ0n) is 13.6. The molecule has 3 rings (SSSR count). The van der Waals surface area contributed by atoms with Crippen LogP contribution in [-0.2, 0) is 11.3 Å². The summed E-state index contributed by atoms with van der Waals surface area (Å²) < 4.78 is 5.26. The van der Waals surface area contributed by atoms with Crippen LogP contribution in [-0.4, -0.2) is 10.9 Å². The second kappa shape index (κ2) is 6.58. The predicted molar refractivity (Wildman–Crippen MR) is 93.5 cm³/mol. The van der Waals surface area contributed by atoms with Gasteiger partial charge in [0.25, 0.3) is 0 Å². The van der Waals surface area contributed by atoms with E-state index < -0.39 is 5.63 Å². The third kappa shape index (κ3) is 3.30. The number of nitrogens with one attached hydrogen (secondary N) is 1. The summed E-state index contributed by atoms with van der Waals surface area (Å²) in [6.45, 7) is 3.70. The van der Waals surface area contributed by atoms with Crippen LogP contribution < -0.4 is 11.1 Å². The number of carbonyl (C=O) groups excluding carboxylic acids is 1. The lowest BCUT2D eigenvalue weighted by Gasteiger charge is -2.23. The molecule has 1 aromatic heterocycles. The summed E-state index contributed by atoms with van der Waals surface area (Å²) in [5.41, 5.74) is 5.73. The Morgan fingerprint density at radius 2 is 1.88 bits per heavy atom. The van der Waals surface area contributed by atoms with Crippen molar-refractivity contribution in [2.24, 2.45) is 0 Å². The van der Waals surface area contributed by atoms with Crippen molar-refractivity contribution in [3.63, 3.8) is 0 Å². The minimum absolute atomic E-state index is 0.145. The number of rotatable bonds is 4. The summed E-state index contributed by atoms with van der Waals surface area (Å²) in [6, 6.07) is 16.4. The van der Waals surface area contributed by atoms with Crippen molar-refractivity contribution in [1.29, 1.82) is 0 Å². The standard InChI is InChI=1S/C19H18N2O3/c1-13-7-6-10-17-19(13)15(11-18(23)24-17)12-21(14(2)22)20-16-8-4-3-5-9-16/h3-11,20H,12H2,1-2H3. The lowest BCUT2D eigenvalue weighted by molar-refractivity contribution is -0.128. The maximum Gasteiger partial charge on any atom is 0.336 e. The van der Waals surface area contributed by atoms with Crippen LogP contribution in [0.2, 0.25) is 0 Å². The van der Waals surface area contributed by atoms with Gasteiger partial charge in [0, 0.05) is 18.4 Å². The Hall–Kier alpha value is -3.08. The first-order chi connectivity index (χ1) is 11.5. The van der Waals surface area contributed by atoms with E-state index in [0.717, 1.165) is 22.2 Å². The van der Waals surface area contributed by atoms with Gasteiger partial charge in [0.05, 0.1) is 12.2 Å². The number of nitrogens with zero attached hydrogens (tertiary/aromatic N) is 1. The van der Waals surface area contributed by atoms with Crippen molar-refractivity contribution in [2.45, 2.75) is 20.4 Å². The third-order valence-electron chi connectivity index (χ3n) is 3.80. The Morgan fingerprint density at radius 1 is 1.12 bits per heavy atom. The Labute approximate surface area is 139 Å². The SMILES string of the molecule is CC(=O)N(Cc1cc(=O)oc2cccc(C)c12)Nc1ccccc1. The highest BCUT2D eigenvalue weighted by Gasteiger charge is 2.14. The highest BCUT2D eigenvalue weighted by Crippen LogP contribution is 2.22. The van der Waals surface area contributed by atoms with Gasteiger partial charge in [-0.25, -0.2) is 4.79 Å². The lowest BCUT2D eigenvalue weighted by atomic mass is 10.0. The molecule has 1 heterocycles. The average Bonchev–Trinajstić information content (AvgIpc) is 2.54. The summed E-state index contributed by atoms with van der Waals surface area (Å²) >= 11 is 0. The topological polar surface area (TPSA) is 62.6 Å². The van der Waals surface area contributed by atoms with Gasteiger partial charge >= 0.3 is 5.63 Å². The van der Waals surface area contributed by atoms with Crippen LogP contribution >= 0.6 is 0 Å². The van der Waals surface area contributed by atoms with Crippen LogP contribution in [0.1, 0.15) is 18.1 Å². The van der Waals surface area contributed by atoms with Crippen molar-refractivity contribution >= 4 is 22.6 Å². The average molecular weight is 322 g/mol. The summed E-state index contributed by atoms with van der Waals surface area (Å²) in [5, 5.41) is 2.34. The van der Waals surface area contributed by atoms with Gasteiger partial charge in [-0.2, -0.15) is 0 Å². The van der Waals surface area contributed by atoms with Gasteiger partial charge in [-0.1, -0.05) is 30.3 Å². The molecule has 1 amide bonds. The molecule has 0 unspecified atom stereocenters. The maximum atomic E-state index is 12.0. The fourth-order valence-corrected chi connectivity index (χ4v) is 2.68. The first-order valence-corrected chi connectivity index (χ1v) is 7.67. The number of amides is 1. The van der Waals surface area contributed by atoms with Crippen molar-refractivity contribution in [1.82, 2.24) is 5.01 Å². The van der Waals surface area contributed by atoms with E-state index in [1.165, 1.54) is 18.0 Å². The minimum Gasteiger partial charge on any atom is -0.423 e. The van der Waals surface area contributed by atoms with E-state index in [2.05, 4.69) is 5.43 Å². The molecule has 0 saturated heterocycles. The number of hydrogen-bond acceptors (Lipinski definition) is 4. The summed E-state index contributed by atoms with van der Waals surface area (Å²) in [6.07, 6.45) is 0. The van der Waals surface area contributed by atoms with E-state index in [4.69, 9.17) is 4.42 Å². The fraction of sp³-hybridized carbons (Fsp3) is 0.158. The number of carbonyl (C=O) groups is 1. The molecular formula is C19H18N2O3. The number of para-hydroxylation sites is 1. The molecule has 0 aliphatic heterocycles. The van der Waals surface area contributed by atoms with Crippen molar-refractivity contribution < 1.29 is 9.21 Å². The number of aryl methyl sites for hydroxylation is 1. The molecular weight excluding hydrogens is 304 g/mol. The van der Waals surface area contributed by atoms with Crippen molar-refractivity contribution in [2.75, 3.05) is 5.43 Å². The Bertz CT molecular complexity index is 932. The fourth-order valence-electron chi connectivity index (χ4n) is 2.68. The molecule has 2 aromatic carbocycles. The van der Waals surface area contributed by atoms with Gasteiger partial charge in [-0.3, -0.25) is 15.2 Å². The molecule has 1 N–H and O–H groups in total. The predicted octanol–water partition coefficient (Wildman–Crippen LogP) is 3.48. The molecule has 5 nitrogen and oxygen atoms in total. The second-order valence-electron chi connectivity index (χ2n) is 5.62. The van der Waals surface area contributed by atoms with Crippen LogP contribution in [0.25, 0.3) is 11.0 Å². The Balaban J connectivity index is 2.00. The monoisotopic (exact) mass is 322 g/mol. The van der Waals surface area contributed by atoms with Crippen LogP contribution in [0, 0.1) is 6.92 Å². The van der Waals surface area contributed by atoms with Crippen molar-refractivity contribution in [3.05, 3.63) is 76.1 Å². The molecule has 0 fully saturated rings. The molecule has 3 aromatic rings. The molecule has 5 heteroatoms. The van der Waals surface area contributed by atoms with E-state index in [0.29, 0.717) is 5.58 Å². The molecule has 0 atom stereocenters. The quantitative estimate of drug-likeness (QED) is 0.590. The highest BCUT2D eigenvalue weighted by molar-refractivity contribution is 5.84. The minimum atomic E-state index is -0.425. The van der Waals surface area contributed by atoms with Crippen LogP contribution in [0.4, 0.5) is 5.69 Å². The largest absolute Gasteiger partial charge is 0.423 e. The molecule has 0 spiro atoms. The van der Waals surface area contributed by atoms with Gasteiger partial charge in [0.2, 0.25) is 5.91 Å². The van der Waals surface area contributed by atoms with Gasteiger partial charge in [0.1, 0.15) is 5.58 Å². The maximum absolute atomic E-state index is 12.0. The van der Waals surface area contributed by atoms with E-state index in [9.17, 15) is 9.59 Å². The van der Waals surface area contributed by atoms with E-state index in [1.54, 1.807) is 6.07 Å². The highest BCUT2D eigenvalue weighted by atomic mass is 16.4. The third-order valence-corrected chi connectivity index (χ3v) is 3.80. The summed E-state index contributed by atoms with van der Waals surface area (Å²) in [7, 11) is 0. The van der Waals surface area contributed by atoms with Gasteiger partial charge < -0.3 is 4.42 Å². The Kier molecular flexibility index (Phi) is 4.33. The van der Waals surface area contributed by atoms with E-state index in [1.807, 2.05) is 49.4 Å². The molecule has 0 aliphatic carbocycles. The van der Waals surface area contributed by atoms with Crippen LogP contribution in [0.3, 0.4) is 0 Å². The normalized spacial score (nSPS) is 10.6. The second-order valence-corrected chi connectivity index (χ2v) is 5.62. The van der Waals surface area contributed by atoms with Crippen LogP contribution in [0.5, 0.6) is 0 Å². The lowest BCUT2D eigenvalue weighted by Crippen LogP contribution is -2.34. The number of hydrazine groups is 1. The first-order valence-electron chi connectivity index (χ1n) is 7.67. The zero-order chi connectivity index (χ0) is 17.1. The zero-order valence-corrected chi connectivity index (χ0v) is 13.6. The van der Waals surface area contributed by atoms with E-state index >= 15 is 0 Å². The molecule has 122 valence electrons. The number of fused-ring (bicyclic) bond motifs is 1. The summed E-state index contributed by atoms with van der Waals surface area (Å²) in [5.74, 6) is -0.145. The number of anilines is 1. The smallest absolute Gasteiger partial charge is 0.336 e. The van der Waals surface area contributed by atoms with Gasteiger partial charge in [0.15, 0.2) is 0 Å². The van der Waals surface area contributed by atoms with Crippen LogP contribution in [0.15, 0.2) is 63.8 Å². The van der Waals surface area contributed by atoms with E-state index in [-0.39, 0.29) is 12.5 Å². The summed E-state index contributed by atoms with van der Waals surface area (Å²) in [4.78, 5) is 23.9. The molecule has 0 radical (unpaired) electrons. The van der Waals surface area contributed by atoms with Gasteiger partial charge in [-0.05, 0) is 36.2 Å². The molecule has 0 bridgehead atoms. The molecule has 0 aliphatic rings. The number of benzene rings is 2. The van der Waals surface area contributed by atoms with Crippen molar-refractivity contribution in [3.8, 4) is 0 Å². The Morgan fingerprint density at radius 3 is 2.58 bits per heavy atom. The van der Waals surface area contributed by atoms with Gasteiger partial charge in [-0.15, -0.1) is 0 Å². The number of hydrogen-bond donors (Lipinski definition) is 1.